The predicted molar refractivity (Wildman–Crippen MR) is 92.3 cm³/mol. The van der Waals surface area contributed by atoms with Crippen LogP contribution in [-0.4, -0.2) is 47.2 Å². The zero-order chi connectivity index (χ0) is 16.1. The van der Waals surface area contributed by atoms with Gasteiger partial charge in [-0.2, -0.15) is 0 Å². The van der Waals surface area contributed by atoms with Crippen LogP contribution in [0.1, 0.15) is 19.4 Å². The van der Waals surface area contributed by atoms with E-state index in [1.165, 1.54) is 5.56 Å². The lowest BCUT2D eigenvalue weighted by molar-refractivity contribution is 0.0342. The Labute approximate surface area is 137 Å². The number of hydrogen-bond acceptors (Lipinski definition) is 5. The highest BCUT2D eigenvalue weighted by Crippen LogP contribution is 2.21. The van der Waals surface area contributed by atoms with Crippen LogP contribution >= 0.6 is 0 Å². The Morgan fingerprint density at radius 2 is 2.00 bits per heavy atom. The van der Waals surface area contributed by atoms with Crippen LogP contribution in [-0.2, 0) is 11.3 Å². The summed E-state index contributed by atoms with van der Waals surface area (Å²) in [6.45, 7) is 8.82. The van der Waals surface area contributed by atoms with Crippen molar-refractivity contribution in [2.45, 2.75) is 26.4 Å². The average molecular weight is 312 g/mol. The zero-order valence-corrected chi connectivity index (χ0v) is 13.8. The summed E-state index contributed by atoms with van der Waals surface area (Å²) in [7, 11) is 0. The molecule has 0 spiro atoms. The maximum absolute atomic E-state index is 5.41. The molecule has 1 aliphatic rings. The average Bonchev–Trinajstić information content (AvgIpc) is 2.56. The Bertz CT molecular complexity index is 638. The Hall–Kier alpha value is -1.98. The van der Waals surface area contributed by atoms with Gasteiger partial charge in [-0.25, -0.2) is 9.97 Å². The number of ether oxygens (including phenoxy) is 1. The predicted octanol–water partition coefficient (Wildman–Crippen LogP) is 2.80. The largest absolute Gasteiger partial charge is 0.379 e. The summed E-state index contributed by atoms with van der Waals surface area (Å²) < 4.78 is 5.41. The second kappa shape index (κ2) is 7.53. The van der Waals surface area contributed by atoms with E-state index in [4.69, 9.17) is 4.74 Å². The molecule has 1 aromatic heterocycles. The number of morpholine rings is 1. The van der Waals surface area contributed by atoms with Crippen LogP contribution in [0.2, 0.25) is 0 Å². The Kier molecular flexibility index (Phi) is 5.20. The van der Waals surface area contributed by atoms with Crippen LogP contribution in [0, 0.1) is 0 Å². The summed E-state index contributed by atoms with van der Waals surface area (Å²) in [5, 5.41) is 3.32. The van der Waals surface area contributed by atoms with E-state index in [1.54, 1.807) is 6.33 Å². The van der Waals surface area contributed by atoms with Gasteiger partial charge in [0.15, 0.2) is 0 Å². The van der Waals surface area contributed by atoms with E-state index in [1.807, 2.05) is 6.07 Å². The van der Waals surface area contributed by atoms with Crippen LogP contribution in [0.25, 0.3) is 11.3 Å². The van der Waals surface area contributed by atoms with Gasteiger partial charge in [0, 0.05) is 37.3 Å². The number of aromatic nitrogens is 2. The molecule has 5 nitrogen and oxygen atoms in total. The summed E-state index contributed by atoms with van der Waals surface area (Å²) >= 11 is 0. The second-order valence-electron chi connectivity index (χ2n) is 6.18. The summed E-state index contributed by atoms with van der Waals surface area (Å²) in [6, 6.07) is 11.0. The van der Waals surface area contributed by atoms with E-state index in [0.29, 0.717) is 6.04 Å². The lowest BCUT2D eigenvalue weighted by Gasteiger charge is -2.26. The van der Waals surface area contributed by atoms with Crippen LogP contribution < -0.4 is 5.32 Å². The SMILES string of the molecule is CC(C)Nc1cc(-c2cccc(CN3CCOCC3)c2)ncn1. The highest BCUT2D eigenvalue weighted by Gasteiger charge is 2.11. The molecule has 0 saturated carbocycles. The number of nitrogens with zero attached hydrogens (tertiary/aromatic N) is 3. The summed E-state index contributed by atoms with van der Waals surface area (Å²) in [5.74, 6) is 0.864. The van der Waals surface area contributed by atoms with Crippen molar-refractivity contribution in [3.63, 3.8) is 0 Å². The van der Waals surface area contributed by atoms with E-state index in [0.717, 1.165) is 49.9 Å². The van der Waals surface area contributed by atoms with Crippen molar-refractivity contribution in [2.24, 2.45) is 0 Å². The van der Waals surface area contributed by atoms with Gasteiger partial charge in [0.25, 0.3) is 0 Å². The van der Waals surface area contributed by atoms with Crippen LogP contribution in [0.3, 0.4) is 0 Å². The Morgan fingerprint density at radius 3 is 2.78 bits per heavy atom. The minimum atomic E-state index is 0.352. The third kappa shape index (κ3) is 4.50. The number of benzene rings is 1. The quantitative estimate of drug-likeness (QED) is 0.920. The third-order valence-electron chi connectivity index (χ3n) is 3.84. The fourth-order valence-electron chi connectivity index (χ4n) is 2.74. The molecule has 0 radical (unpaired) electrons. The molecule has 0 amide bonds. The first-order valence-corrected chi connectivity index (χ1v) is 8.19. The van der Waals surface area contributed by atoms with Crippen LogP contribution in [0.5, 0.6) is 0 Å². The third-order valence-corrected chi connectivity index (χ3v) is 3.84. The monoisotopic (exact) mass is 312 g/mol. The molecule has 1 fully saturated rings. The van der Waals surface area contributed by atoms with E-state index >= 15 is 0 Å². The second-order valence-corrected chi connectivity index (χ2v) is 6.18. The van der Waals surface area contributed by atoms with Gasteiger partial charge in [-0.3, -0.25) is 4.90 Å². The van der Waals surface area contributed by atoms with Gasteiger partial charge < -0.3 is 10.1 Å². The van der Waals surface area contributed by atoms with E-state index in [-0.39, 0.29) is 0 Å². The first-order valence-electron chi connectivity index (χ1n) is 8.19. The number of nitrogens with one attached hydrogen (secondary N) is 1. The molecule has 1 aliphatic heterocycles. The topological polar surface area (TPSA) is 50.3 Å². The van der Waals surface area contributed by atoms with Crippen LogP contribution in [0.15, 0.2) is 36.7 Å². The lowest BCUT2D eigenvalue weighted by atomic mass is 10.1. The van der Waals surface area contributed by atoms with Gasteiger partial charge in [0.1, 0.15) is 12.1 Å². The van der Waals surface area contributed by atoms with Gasteiger partial charge >= 0.3 is 0 Å². The van der Waals surface area contributed by atoms with E-state index < -0.39 is 0 Å². The summed E-state index contributed by atoms with van der Waals surface area (Å²) in [5.41, 5.74) is 3.39. The van der Waals surface area contributed by atoms with Gasteiger partial charge in [0.05, 0.1) is 18.9 Å². The zero-order valence-electron chi connectivity index (χ0n) is 13.8. The maximum atomic E-state index is 5.41. The molecule has 0 atom stereocenters. The molecule has 2 heterocycles. The molecular formula is C18H24N4O. The molecule has 0 aliphatic carbocycles. The smallest absolute Gasteiger partial charge is 0.130 e. The molecule has 1 aromatic carbocycles. The lowest BCUT2D eigenvalue weighted by Crippen LogP contribution is -2.35. The minimum Gasteiger partial charge on any atom is -0.379 e. The van der Waals surface area contributed by atoms with Crippen molar-refractivity contribution >= 4 is 5.82 Å². The maximum Gasteiger partial charge on any atom is 0.130 e. The fraction of sp³-hybridized carbons (Fsp3) is 0.444. The van der Waals surface area contributed by atoms with Crippen LogP contribution in [0.4, 0.5) is 5.82 Å². The Balaban J connectivity index is 1.76. The standard InChI is InChI=1S/C18H24N4O/c1-14(2)21-18-11-17(19-13-20-18)16-5-3-4-15(10-16)12-22-6-8-23-9-7-22/h3-5,10-11,13-14H,6-9,12H2,1-2H3,(H,19,20,21). The fourth-order valence-corrected chi connectivity index (χ4v) is 2.74. The van der Waals surface area contributed by atoms with Crippen molar-refractivity contribution in [1.82, 2.24) is 14.9 Å². The van der Waals surface area contributed by atoms with E-state index in [9.17, 15) is 0 Å². The molecular weight excluding hydrogens is 288 g/mol. The summed E-state index contributed by atoms with van der Waals surface area (Å²) in [6.07, 6.45) is 1.62. The van der Waals surface area contributed by atoms with E-state index in [2.05, 4.69) is 58.3 Å². The first kappa shape index (κ1) is 15.9. The molecule has 1 N–H and O–H groups in total. The van der Waals surface area contributed by atoms with Gasteiger partial charge in [-0.15, -0.1) is 0 Å². The van der Waals surface area contributed by atoms with Crippen molar-refractivity contribution in [2.75, 3.05) is 31.6 Å². The van der Waals surface area contributed by atoms with Gasteiger partial charge in [0.2, 0.25) is 0 Å². The minimum absolute atomic E-state index is 0.352. The molecule has 1 saturated heterocycles. The van der Waals surface area contributed by atoms with Crippen molar-refractivity contribution < 1.29 is 4.74 Å². The van der Waals surface area contributed by atoms with Crippen molar-refractivity contribution in [3.8, 4) is 11.3 Å². The number of rotatable bonds is 5. The highest BCUT2D eigenvalue weighted by molar-refractivity contribution is 5.63. The molecule has 0 unspecified atom stereocenters. The molecule has 2 aromatic rings. The van der Waals surface area contributed by atoms with Crippen molar-refractivity contribution in [3.05, 3.63) is 42.2 Å². The van der Waals surface area contributed by atoms with Gasteiger partial charge in [-0.1, -0.05) is 18.2 Å². The molecule has 5 heteroatoms. The highest BCUT2D eigenvalue weighted by atomic mass is 16.5. The molecule has 3 rings (SSSR count). The Morgan fingerprint density at radius 1 is 1.17 bits per heavy atom. The summed E-state index contributed by atoms with van der Waals surface area (Å²) in [4.78, 5) is 11.1. The normalized spacial score (nSPS) is 15.8. The number of anilines is 1. The van der Waals surface area contributed by atoms with Gasteiger partial charge in [-0.05, 0) is 25.5 Å². The van der Waals surface area contributed by atoms with Crippen molar-refractivity contribution in [1.29, 1.82) is 0 Å². The number of hydrogen-bond donors (Lipinski definition) is 1. The molecule has 0 bridgehead atoms. The molecule has 23 heavy (non-hydrogen) atoms. The molecule has 122 valence electrons. The first-order chi connectivity index (χ1) is 11.2.